The van der Waals surface area contributed by atoms with E-state index in [2.05, 4.69) is 26.2 Å². The predicted octanol–water partition coefficient (Wildman–Crippen LogP) is 4.05. The first kappa shape index (κ1) is 16.6. The van der Waals surface area contributed by atoms with Gasteiger partial charge in [-0.15, -0.1) is 0 Å². The molecule has 0 saturated carbocycles. The van der Waals surface area contributed by atoms with Crippen LogP contribution in [0.4, 0.5) is 5.69 Å². The fraction of sp³-hybridized carbons (Fsp3) is 0.0588. The molecule has 0 radical (unpaired) electrons. The molecule has 3 rings (SSSR count). The molecule has 0 unspecified atom stereocenters. The van der Waals surface area contributed by atoms with E-state index in [9.17, 15) is 9.90 Å². The summed E-state index contributed by atoms with van der Waals surface area (Å²) in [6.07, 6.45) is 1.64. The number of amidine groups is 1. The van der Waals surface area contributed by atoms with Crippen LogP contribution in [0, 0.1) is 0 Å². The van der Waals surface area contributed by atoms with E-state index in [1.165, 1.54) is 11.8 Å². The minimum Gasteiger partial charge on any atom is -0.507 e. The zero-order valence-corrected chi connectivity index (χ0v) is 15.0. The van der Waals surface area contributed by atoms with E-state index in [4.69, 9.17) is 4.74 Å². The number of amides is 1. The summed E-state index contributed by atoms with van der Waals surface area (Å²) in [6.45, 7) is 0. The average molecular weight is 405 g/mol. The number of aliphatic imine (C=N–C) groups is 1. The Kier molecular flexibility index (Phi) is 4.92. The topological polar surface area (TPSA) is 70.9 Å². The highest BCUT2D eigenvalue weighted by atomic mass is 79.9. The van der Waals surface area contributed by atoms with E-state index < -0.39 is 0 Å². The maximum atomic E-state index is 12.1. The zero-order valence-electron chi connectivity index (χ0n) is 12.6. The molecule has 0 bridgehead atoms. The van der Waals surface area contributed by atoms with E-state index in [-0.39, 0.29) is 11.7 Å². The second kappa shape index (κ2) is 7.11. The molecule has 1 fully saturated rings. The van der Waals surface area contributed by atoms with Crippen LogP contribution in [0.2, 0.25) is 0 Å². The summed E-state index contributed by atoms with van der Waals surface area (Å²) in [5.74, 6) is 0.610. The fourth-order valence-corrected chi connectivity index (χ4v) is 3.25. The van der Waals surface area contributed by atoms with Gasteiger partial charge in [-0.25, -0.2) is 4.99 Å². The van der Waals surface area contributed by atoms with Crippen LogP contribution < -0.4 is 10.1 Å². The first-order valence-electron chi connectivity index (χ1n) is 6.97. The minimum atomic E-state index is -0.244. The van der Waals surface area contributed by atoms with Gasteiger partial charge in [0, 0.05) is 10.0 Å². The first-order chi connectivity index (χ1) is 11.5. The number of ether oxygens (including phenoxy) is 1. The Labute approximate surface area is 151 Å². The second-order valence-electron chi connectivity index (χ2n) is 4.88. The van der Waals surface area contributed by atoms with E-state index in [1.807, 2.05) is 0 Å². The minimum absolute atomic E-state index is 0.111. The van der Waals surface area contributed by atoms with Crippen LogP contribution in [0.1, 0.15) is 5.56 Å². The Morgan fingerprint density at radius 3 is 2.71 bits per heavy atom. The smallest absolute Gasteiger partial charge is 0.264 e. The third-order valence-electron chi connectivity index (χ3n) is 3.23. The quantitative estimate of drug-likeness (QED) is 0.756. The van der Waals surface area contributed by atoms with Crippen molar-refractivity contribution >= 4 is 50.5 Å². The summed E-state index contributed by atoms with van der Waals surface area (Å²) < 4.78 is 5.92. The molecular formula is C17H13BrN2O3S. The number of nitrogens with one attached hydrogen (secondary N) is 1. The standard InChI is InChI=1S/C17H13BrN2O3S/c1-23-13-5-3-12(4-6-13)19-17-20-16(22)15(24-17)9-10-8-11(18)2-7-14(10)21/h2-9,21H,1H3,(H,19,20,22)/b15-9-. The number of aromatic hydroxyl groups is 1. The van der Waals surface area contributed by atoms with Crippen LogP contribution in [0.3, 0.4) is 0 Å². The van der Waals surface area contributed by atoms with Crippen LogP contribution >= 0.6 is 27.7 Å². The number of rotatable bonds is 3. The number of nitrogens with zero attached hydrogens (tertiary/aromatic N) is 1. The molecule has 5 nitrogen and oxygen atoms in total. The molecule has 0 aliphatic carbocycles. The highest BCUT2D eigenvalue weighted by molar-refractivity contribution is 9.10. The number of hydrogen-bond acceptors (Lipinski definition) is 5. The number of methoxy groups -OCH3 is 1. The molecule has 2 aromatic rings. The van der Waals surface area contributed by atoms with Crippen LogP contribution in [0.15, 0.2) is 56.8 Å². The summed E-state index contributed by atoms with van der Waals surface area (Å²) >= 11 is 4.57. The number of hydrogen-bond donors (Lipinski definition) is 2. The molecule has 0 spiro atoms. The SMILES string of the molecule is COc1ccc(N=C2NC(=O)/C(=C/c3cc(Br)ccc3O)S2)cc1. The lowest BCUT2D eigenvalue weighted by Crippen LogP contribution is -2.19. The van der Waals surface area contributed by atoms with E-state index in [1.54, 1.807) is 55.7 Å². The monoisotopic (exact) mass is 404 g/mol. The number of phenolic OH excluding ortho intramolecular Hbond substituents is 1. The van der Waals surface area contributed by atoms with Gasteiger partial charge < -0.3 is 15.2 Å². The number of halogens is 1. The van der Waals surface area contributed by atoms with Crippen molar-refractivity contribution in [2.24, 2.45) is 4.99 Å². The number of carbonyl (C=O) groups excluding carboxylic acids is 1. The van der Waals surface area contributed by atoms with Crippen LogP contribution in [-0.4, -0.2) is 23.3 Å². The van der Waals surface area contributed by atoms with E-state index >= 15 is 0 Å². The van der Waals surface area contributed by atoms with E-state index in [0.29, 0.717) is 21.3 Å². The largest absolute Gasteiger partial charge is 0.507 e. The molecule has 1 saturated heterocycles. The average Bonchev–Trinajstić information content (AvgIpc) is 2.91. The number of carbonyl (C=O) groups is 1. The van der Waals surface area contributed by atoms with Crippen molar-refractivity contribution in [2.45, 2.75) is 0 Å². The lowest BCUT2D eigenvalue weighted by molar-refractivity contribution is -0.115. The van der Waals surface area contributed by atoms with Crippen molar-refractivity contribution < 1.29 is 14.6 Å². The van der Waals surface area contributed by atoms with Gasteiger partial charge in [0.15, 0.2) is 5.17 Å². The fourth-order valence-electron chi connectivity index (χ4n) is 2.04. The second-order valence-corrected chi connectivity index (χ2v) is 6.83. The van der Waals surface area contributed by atoms with Gasteiger partial charge in [0.05, 0.1) is 17.7 Å². The lowest BCUT2D eigenvalue weighted by Gasteiger charge is -2.00. The van der Waals surface area contributed by atoms with Gasteiger partial charge in [0.25, 0.3) is 5.91 Å². The highest BCUT2D eigenvalue weighted by Crippen LogP contribution is 2.31. The highest BCUT2D eigenvalue weighted by Gasteiger charge is 2.24. The maximum Gasteiger partial charge on any atom is 0.264 e. The molecule has 24 heavy (non-hydrogen) atoms. The number of phenols is 1. The molecule has 1 amide bonds. The maximum absolute atomic E-state index is 12.1. The van der Waals surface area contributed by atoms with Crippen LogP contribution in [-0.2, 0) is 4.79 Å². The van der Waals surface area contributed by atoms with Crippen LogP contribution in [0.25, 0.3) is 6.08 Å². The van der Waals surface area contributed by atoms with Crippen molar-refractivity contribution in [3.63, 3.8) is 0 Å². The van der Waals surface area contributed by atoms with E-state index in [0.717, 1.165) is 10.2 Å². The Hall–Kier alpha value is -2.25. The van der Waals surface area contributed by atoms with Gasteiger partial charge in [-0.3, -0.25) is 4.79 Å². The molecule has 0 atom stereocenters. The predicted molar refractivity (Wildman–Crippen MR) is 99.6 cm³/mol. The molecular weight excluding hydrogens is 392 g/mol. The third-order valence-corrected chi connectivity index (χ3v) is 4.63. The Balaban J connectivity index is 1.83. The molecule has 2 aromatic carbocycles. The molecule has 122 valence electrons. The van der Waals surface area contributed by atoms with Crippen molar-refractivity contribution in [1.29, 1.82) is 0 Å². The Morgan fingerprint density at radius 1 is 1.25 bits per heavy atom. The molecule has 0 aromatic heterocycles. The van der Waals surface area contributed by atoms with Crippen molar-refractivity contribution in [3.8, 4) is 11.5 Å². The van der Waals surface area contributed by atoms with Crippen molar-refractivity contribution in [1.82, 2.24) is 5.32 Å². The summed E-state index contributed by atoms with van der Waals surface area (Å²) in [5.41, 5.74) is 1.28. The molecule has 2 N–H and O–H groups in total. The first-order valence-corrected chi connectivity index (χ1v) is 8.58. The van der Waals surface area contributed by atoms with Gasteiger partial charge >= 0.3 is 0 Å². The molecule has 1 heterocycles. The van der Waals surface area contributed by atoms with Gasteiger partial charge in [0.2, 0.25) is 0 Å². The summed E-state index contributed by atoms with van der Waals surface area (Å²) in [5, 5.41) is 13.1. The third kappa shape index (κ3) is 3.80. The Morgan fingerprint density at radius 2 is 2.00 bits per heavy atom. The van der Waals surface area contributed by atoms with Gasteiger partial charge in [-0.2, -0.15) is 0 Å². The lowest BCUT2D eigenvalue weighted by atomic mass is 10.2. The van der Waals surface area contributed by atoms with Gasteiger partial charge in [-0.05, 0) is 60.3 Å². The molecule has 1 aliphatic rings. The normalized spacial score (nSPS) is 17.3. The van der Waals surface area contributed by atoms with Crippen molar-refractivity contribution in [3.05, 3.63) is 57.4 Å². The molecule has 7 heteroatoms. The summed E-state index contributed by atoms with van der Waals surface area (Å²) in [7, 11) is 1.60. The van der Waals surface area contributed by atoms with Gasteiger partial charge in [0.1, 0.15) is 11.5 Å². The zero-order chi connectivity index (χ0) is 17.1. The Bertz CT molecular complexity index is 847. The van der Waals surface area contributed by atoms with Crippen molar-refractivity contribution in [2.75, 3.05) is 7.11 Å². The van der Waals surface area contributed by atoms with Crippen LogP contribution in [0.5, 0.6) is 11.5 Å². The summed E-state index contributed by atoms with van der Waals surface area (Å²) in [4.78, 5) is 16.9. The number of benzene rings is 2. The number of thioether (sulfide) groups is 1. The van der Waals surface area contributed by atoms with Gasteiger partial charge in [-0.1, -0.05) is 15.9 Å². The summed E-state index contributed by atoms with van der Waals surface area (Å²) in [6, 6.07) is 12.3. The molecule has 1 aliphatic heterocycles.